The molecule has 2 N–H and O–H groups in total. The summed E-state index contributed by atoms with van der Waals surface area (Å²) in [6.45, 7) is 6.35. The Hall–Kier alpha value is -1.26. The molecule has 5 nitrogen and oxygen atoms in total. The van der Waals surface area contributed by atoms with E-state index in [1.807, 2.05) is 6.92 Å². The van der Waals surface area contributed by atoms with Crippen LogP contribution in [0.5, 0.6) is 0 Å². The summed E-state index contributed by atoms with van der Waals surface area (Å²) in [4.78, 5) is 24.1. The molecule has 1 heterocycles. The molecule has 0 radical (unpaired) electrons. The summed E-state index contributed by atoms with van der Waals surface area (Å²) >= 11 is 0. The second-order valence-electron chi connectivity index (χ2n) is 4.68. The number of carbonyl (C=O) groups is 2. The molecular weight excluding hydrogens is 208 g/mol. The van der Waals surface area contributed by atoms with E-state index in [9.17, 15) is 9.59 Å². The van der Waals surface area contributed by atoms with E-state index in [0.717, 1.165) is 12.8 Å². The Kier molecular flexibility index (Phi) is 4.15. The van der Waals surface area contributed by atoms with Gasteiger partial charge in [0.2, 0.25) is 0 Å². The Morgan fingerprint density at radius 2 is 2.06 bits per heavy atom. The minimum atomic E-state index is -1.01. The van der Waals surface area contributed by atoms with Gasteiger partial charge >= 0.3 is 12.0 Å². The Labute approximate surface area is 95.8 Å². The first-order valence-electron chi connectivity index (χ1n) is 5.71. The zero-order chi connectivity index (χ0) is 12.3. The molecule has 1 aliphatic rings. The third-order valence-electron chi connectivity index (χ3n) is 3.11. The van der Waals surface area contributed by atoms with Gasteiger partial charge in [-0.1, -0.05) is 6.92 Å². The van der Waals surface area contributed by atoms with E-state index >= 15 is 0 Å². The van der Waals surface area contributed by atoms with E-state index < -0.39 is 12.0 Å². The SMILES string of the molecule is CC1CCN(C(=O)N[C@@H](C)C(=O)O)C(C)C1. The zero-order valence-corrected chi connectivity index (χ0v) is 10.1. The number of hydrogen-bond acceptors (Lipinski definition) is 2. The van der Waals surface area contributed by atoms with Crippen molar-refractivity contribution in [3.63, 3.8) is 0 Å². The van der Waals surface area contributed by atoms with E-state index in [0.29, 0.717) is 12.5 Å². The average molecular weight is 228 g/mol. The molecule has 1 aliphatic heterocycles. The smallest absolute Gasteiger partial charge is 0.325 e. The van der Waals surface area contributed by atoms with Crippen molar-refractivity contribution in [1.82, 2.24) is 10.2 Å². The van der Waals surface area contributed by atoms with Gasteiger partial charge in [0.25, 0.3) is 0 Å². The number of nitrogens with zero attached hydrogens (tertiary/aromatic N) is 1. The molecule has 0 aromatic carbocycles. The fraction of sp³-hybridized carbons (Fsp3) is 0.818. The number of urea groups is 1. The van der Waals surface area contributed by atoms with Gasteiger partial charge < -0.3 is 15.3 Å². The number of aliphatic carboxylic acids is 1. The number of rotatable bonds is 2. The van der Waals surface area contributed by atoms with Gasteiger partial charge in [0.15, 0.2) is 0 Å². The fourth-order valence-corrected chi connectivity index (χ4v) is 2.04. The molecule has 1 fully saturated rings. The van der Waals surface area contributed by atoms with Gasteiger partial charge in [-0.25, -0.2) is 4.79 Å². The summed E-state index contributed by atoms with van der Waals surface area (Å²) in [5.41, 5.74) is 0. The molecule has 1 saturated heterocycles. The number of likely N-dealkylation sites (tertiary alicyclic amines) is 1. The Bertz CT molecular complexity index is 280. The van der Waals surface area contributed by atoms with E-state index in [1.165, 1.54) is 6.92 Å². The minimum absolute atomic E-state index is 0.185. The number of carbonyl (C=O) groups excluding carboxylic acids is 1. The lowest BCUT2D eigenvalue weighted by Crippen LogP contribution is -2.52. The van der Waals surface area contributed by atoms with Crippen LogP contribution >= 0.6 is 0 Å². The molecule has 1 rings (SSSR count). The minimum Gasteiger partial charge on any atom is -0.480 e. The molecule has 0 bridgehead atoms. The van der Waals surface area contributed by atoms with Crippen LogP contribution in [0.2, 0.25) is 0 Å². The van der Waals surface area contributed by atoms with Crippen molar-refractivity contribution in [2.75, 3.05) is 6.54 Å². The molecule has 0 spiro atoms. The van der Waals surface area contributed by atoms with E-state index in [4.69, 9.17) is 5.11 Å². The lowest BCUT2D eigenvalue weighted by Gasteiger charge is -2.36. The van der Waals surface area contributed by atoms with Crippen molar-refractivity contribution < 1.29 is 14.7 Å². The van der Waals surface area contributed by atoms with Crippen LogP contribution in [0.4, 0.5) is 4.79 Å². The summed E-state index contributed by atoms with van der Waals surface area (Å²) < 4.78 is 0. The maximum atomic E-state index is 11.8. The highest BCUT2D eigenvalue weighted by Gasteiger charge is 2.28. The van der Waals surface area contributed by atoms with E-state index in [2.05, 4.69) is 12.2 Å². The first-order valence-corrected chi connectivity index (χ1v) is 5.71. The highest BCUT2D eigenvalue weighted by molar-refractivity contribution is 5.82. The normalized spacial score (nSPS) is 27.3. The number of carboxylic acids is 1. The van der Waals surface area contributed by atoms with Gasteiger partial charge in [0.1, 0.15) is 6.04 Å². The van der Waals surface area contributed by atoms with Crippen LogP contribution in [0.1, 0.15) is 33.6 Å². The van der Waals surface area contributed by atoms with Gasteiger partial charge in [-0.15, -0.1) is 0 Å². The van der Waals surface area contributed by atoms with Crippen molar-refractivity contribution in [1.29, 1.82) is 0 Å². The molecule has 92 valence electrons. The van der Waals surface area contributed by atoms with Gasteiger partial charge in [-0.2, -0.15) is 0 Å². The van der Waals surface area contributed by atoms with Crippen molar-refractivity contribution >= 4 is 12.0 Å². The molecule has 2 amide bonds. The first-order chi connectivity index (χ1) is 7.41. The van der Waals surface area contributed by atoms with Gasteiger partial charge in [0, 0.05) is 12.6 Å². The Morgan fingerprint density at radius 3 is 2.56 bits per heavy atom. The third-order valence-corrected chi connectivity index (χ3v) is 3.11. The number of amides is 2. The highest BCUT2D eigenvalue weighted by atomic mass is 16.4. The maximum absolute atomic E-state index is 11.8. The van der Waals surface area contributed by atoms with E-state index in [-0.39, 0.29) is 12.1 Å². The Morgan fingerprint density at radius 1 is 1.44 bits per heavy atom. The van der Waals surface area contributed by atoms with Crippen LogP contribution in [0.3, 0.4) is 0 Å². The molecule has 3 atom stereocenters. The number of hydrogen-bond donors (Lipinski definition) is 2. The standard InChI is InChI=1S/C11H20N2O3/c1-7-4-5-13(8(2)6-7)11(16)12-9(3)10(14)15/h7-9H,4-6H2,1-3H3,(H,12,16)(H,14,15)/t7?,8?,9-/m0/s1. The van der Waals surface area contributed by atoms with Crippen molar-refractivity contribution in [3.05, 3.63) is 0 Å². The van der Waals surface area contributed by atoms with Gasteiger partial charge in [-0.05, 0) is 32.6 Å². The van der Waals surface area contributed by atoms with Gasteiger partial charge in [-0.3, -0.25) is 4.79 Å². The largest absolute Gasteiger partial charge is 0.480 e. The number of carboxylic acid groups (broad SMARTS) is 1. The lowest BCUT2D eigenvalue weighted by atomic mass is 9.94. The van der Waals surface area contributed by atoms with Crippen molar-refractivity contribution in [2.45, 2.75) is 45.7 Å². The maximum Gasteiger partial charge on any atom is 0.325 e. The monoisotopic (exact) mass is 228 g/mol. The second kappa shape index (κ2) is 5.18. The van der Waals surface area contributed by atoms with Gasteiger partial charge in [0.05, 0.1) is 0 Å². The van der Waals surface area contributed by atoms with Crippen LogP contribution < -0.4 is 5.32 Å². The van der Waals surface area contributed by atoms with Crippen LogP contribution in [0, 0.1) is 5.92 Å². The van der Waals surface area contributed by atoms with Crippen LogP contribution in [-0.2, 0) is 4.79 Å². The highest BCUT2D eigenvalue weighted by Crippen LogP contribution is 2.21. The quantitative estimate of drug-likeness (QED) is 0.748. The van der Waals surface area contributed by atoms with Crippen LogP contribution in [0.15, 0.2) is 0 Å². The molecule has 0 aromatic heterocycles. The molecule has 0 aromatic rings. The lowest BCUT2D eigenvalue weighted by molar-refractivity contribution is -0.138. The van der Waals surface area contributed by atoms with Crippen molar-refractivity contribution in [3.8, 4) is 0 Å². The number of piperidine rings is 1. The van der Waals surface area contributed by atoms with E-state index in [1.54, 1.807) is 4.90 Å². The summed E-state index contributed by atoms with van der Waals surface area (Å²) in [5.74, 6) is -0.373. The predicted octanol–water partition coefficient (Wildman–Crippen LogP) is 1.29. The molecule has 0 saturated carbocycles. The van der Waals surface area contributed by atoms with Crippen LogP contribution in [0.25, 0.3) is 0 Å². The Balaban J connectivity index is 2.51. The van der Waals surface area contributed by atoms with Crippen LogP contribution in [-0.4, -0.2) is 40.6 Å². The topological polar surface area (TPSA) is 69.6 Å². The fourth-order valence-electron chi connectivity index (χ4n) is 2.04. The summed E-state index contributed by atoms with van der Waals surface area (Å²) in [6, 6.07) is -0.918. The molecule has 0 aliphatic carbocycles. The molecule has 16 heavy (non-hydrogen) atoms. The average Bonchev–Trinajstić information content (AvgIpc) is 2.16. The molecule has 2 unspecified atom stereocenters. The summed E-state index contributed by atoms with van der Waals surface area (Å²) in [6.07, 6.45) is 1.97. The van der Waals surface area contributed by atoms with Crippen molar-refractivity contribution in [2.24, 2.45) is 5.92 Å². The molecular formula is C11H20N2O3. The first kappa shape index (κ1) is 12.8. The third kappa shape index (κ3) is 3.12. The predicted molar refractivity (Wildman–Crippen MR) is 60.2 cm³/mol. The molecule has 5 heteroatoms. The summed E-state index contributed by atoms with van der Waals surface area (Å²) in [5, 5.41) is 11.2. The number of nitrogens with one attached hydrogen (secondary N) is 1. The second-order valence-corrected chi connectivity index (χ2v) is 4.68. The summed E-state index contributed by atoms with van der Waals surface area (Å²) in [7, 11) is 0. The zero-order valence-electron chi connectivity index (χ0n) is 10.1.